The Morgan fingerprint density at radius 1 is 0.225 bits per heavy atom. The van der Waals surface area contributed by atoms with Crippen molar-refractivity contribution in [1.29, 1.82) is 0 Å². The van der Waals surface area contributed by atoms with Crippen LogP contribution in [0.5, 0.6) is 23.0 Å². The number of ether oxygens (including phenoxy) is 2. The van der Waals surface area contributed by atoms with Crippen molar-refractivity contribution in [2.75, 3.05) is 9.80 Å². The van der Waals surface area contributed by atoms with Crippen LogP contribution in [0.3, 0.4) is 0 Å². The summed E-state index contributed by atoms with van der Waals surface area (Å²) in [4.78, 5) is 4.55. The highest BCUT2D eigenvalue weighted by Crippen LogP contribution is 2.52. The molecule has 71 heavy (non-hydrogen) atoms. The van der Waals surface area contributed by atoms with Crippen molar-refractivity contribution in [2.45, 2.75) is 0 Å². The van der Waals surface area contributed by atoms with E-state index in [2.05, 4.69) is 227 Å². The van der Waals surface area contributed by atoms with Crippen molar-refractivity contribution >= 4 is 55.9 Å². The van der Waals surface area contributed by atoms with E-state index in [0.29, 0.717) is 0 Å². The molecule has 3 heterocycles. The number of hydrogen-bond donors (Lipinski definition) is 0. The maximum Gasteiger partial charge on any atom is 0.151 e. The average molecular weight is 910 g/mol. The van der Waals surface area contributed by atoms with Gasteiger partial charge in [-0.05, 0) is 154 Å². The van der Waals surface area contributed by atoms with Gasteiger partial charge in [-0.1, -0.05) is 152 Å². The highest BCUT2D eigenvalue weighted by atomic mass is 16.5. The molecule has 0 atom stereocenters. The molecule has 0 amide bonds. The lowest BCUT2D eigenvalue weighted by molar-refractivity contribution is 0.477. The normalized spacial score (nSPS) is 12.4. The Morgan fingerprint density at radius 3 is 0.859 bits per heavy atom. The topological polar surface area (TPSA) is 29.9 Å². The van der Waals surface area contributed by atoms with E-state index in [1.54, 1.807) is 0 Å². The molecule has 0 aliphatic carbocycles. The van der Waals surface area contributed by atoms with Crippen LogP contribution in [0.15, 0.2) is 261 Å². The van der Waals surface area contributed by atoms with Gasteiger partial charge in [0.15, 0.2) is 23.0 Å². The van der Waals surface area contributed by atoms with E-state index in [4.69, 9.17) is 9.47 Å². The average Bonchev–Trinajstić information content (AvgIpc) is 3.77. The molecule has 11 aromatic carbocycles. The molecule has 0 fully saturated rings. The highest BCUT2D eigenvalue weighted by Gasteiger charge is 2.27. The third-order valence-corrected chi connectivity index (χ3v) is 14.0. The standard InChI is InChI=1S/C66H43N3O2/c1-2-12-52(13-3-1)67-57-40-34-50(48-26-22-44(23-27-48)46-30-36-53(37-31-46)68-59-14-4-8-18-63(59)70-64-19-9-5-15-60(64)68)42-55(57)56-43-51(35-41-58(56)67)49-28-24-45(25-29-49)47-32-38-54(39-33-47)69-61-16-6-10-20-65(61)71-66-21-11-7-17-62(66)69/h1-43H. The zero-order chi connectivity index (χ0) is 46.8. The second-order valence-corrected chi connectivity index (χ2v) is 18.1. The summed E-state index contributed by atoms with van der Waals surface area (Å²) in [7, 11) is 0. The number of benzene rings is 11. The van der Waals surface area contributed by atoms with E-state index in [0.717, 1.165) is 73.9 Å². The van der Waals surface area contributed by atoms with Gasteiger partial charge in [-0.25, -0.2) is 0 Å². The number of para-hydroxylation sites is 9. The van der Waals surface area contributed by atoms with E-state index in [9.17, 15) is 0 Å². The minimum absolute atomic E-state index is 0.849. The summed E-state index contributed by atoms with van der Waals surface area (Å²) in [6.45, 7) is 0. The van der Waals surface area contributed by atoms with Gasteiger partial charge in [0.05, 0.1) is 33.8 Å². The Balaban J connectivity index is 0.763. The molecular formula is C66H43N3O2. The van der Waals surface area contributed by atoms with Gasteiger partial charge < -0.3 is 23.8 Å². The van der Waals surface area contributed by atoms with Crippen LogP contribution in [0.4, 0.5) is 34.1 Å². The molecule has 5 heteroatoms. The van der Waals surface area contributed by atoms with Crippen LogP contribution < -0.4 is 19.3 Å². The second kappa shape index (κ2) is 16.6. The van der Waals surface area contributed by atoms with E-state index in [1.807, 2.05) is 48.5 Å². The fourth-order valence-electron chi connectivity index (χ4n) is 10.5. The largest absolute Gasteiger partial charge is 0.453 e. The molecule has 14 rings (SSSR count). The number of rotatable bonds is 7. The third kappa shape index (κ3) is 6.94. The third-order valence-electron chi connectivity index (χ3n) is 14.0. The van der Waals surface area contributed by atoms with Gasteiger partial charge in [0.1, 0.15) is 0 Å². The lowest BCUT2D eigenvalue weighted by Gasteiger charge is -2.32. The van der Waals surface area contributed by atoms with Crippen molar-refractivity contribution in [3.8, 4) is 73.2 Å². The molecule has 0 saturated heterocycles. The van der Waals surface area contributed by atoms with Gasteiger partial charge in [0.25, 0.3) is 0 Å². The first-order valence-electron chi connectivity index (χ1n) is 24.1. The lowest BCUT2D eigenvalue weighted by atomic mass is 9.97. The Bertz CT molecular complexity index is 3640. The molecule has 2 aliphatic heterocycles. The summed E-state index contributed by atoms with van der Waals surface area (Å²) in [5, 5.41) is 2.44. The Hall–Kier alpha value is -9.58. The fourth-order valence-corrected chi connectivity index (χ4v) is 10.5. The van der Waals surface area contributed by atoms with Crippen LogP contribution in [-0.2, 0) is 0 Å². The number of nitrogens with zero attached hydrogens (tertiary/aromatic N) is 3. The summed E-state index contributed by atoms with van der Waals surface area (Å²) in [5.74, 6) is 3.40. The summed E-state index contributed by atoms with van der Waals surface area (Å²) >= 11 is 0. The van der Waals surface area contributed by atoms with Gasteiger partial charge in [-0.15, -0.1) is 0 Å². The molecule has 0 unspecified atom stereocenters. The molecule has 2 aliphatic rings. The molecular weight excluding hydrogens is 867 g/mol. The highest BCUT2D eigenvalue weighted by molar-refractivity contribution is 6.11. The van der Waals surface area contributed by atoms with Crippen molar-refractivity contribution in [3.05, 3.63) is 261 Å². The number of aromatic nitrogens is 1. The van der Waals surface area contributed by atoms with Crippen molar-refractivity contribution in [3.63, 3.8) is 0 Å². The van der Waals surface area contributed by atoms with Crippen LogP contribution in [0, 0.1) is 0 Å². The number of hydrogen-bond acceptors (Lipinski definition) is 4. The zero-order valence-corrected chi connectivity index (χ0v) is 38.5. The van der Waals surface area contributed by atoms with Gasteiger partial charge in [-0.2, -0.15) is 0 Å². The van der Waals surface area contributed by atoms with Crippen molar-refractivity contribution in [1.82, 2.24) is 4.57 Å². The summed E-state index contributed by atoms with van der Waals surface area (Å²) in [5.41, 5.74) is 19.2. The van der Waals surface area contributed by atoms with E-state index in [1.165, 1.54) is 55.2 Å². The Morgan fingerprint density at radius 2 is 0.507 bits per heavy atom. The summed E-state index contributed by atoms with van der Waals surface area (Å²) in [6.07, 6.45) is 0. The van der Waals surface area contributed by atoms with Crippen molar-refractivity contribution in [2.24, 2.45) is 0 Å². The van der Waals surface area contributed by atoms with E-state index in [-0.39, 0.29) is 0 Å². The van der Waals surface area contributed by atoms with Gasteiger partial charge in [0, 0.05) is 27.8 Å². The molecule has 0 spiro atoms. The second-order valence-electron chi connectivity index (χ2n) is 18.1. The van der Waals surface area contributed by atoms with E-state index >= 15 is 0 Å². The quantitative estimate of drug-likeness (QED) is 0.159. The molecule has 1 aromatic heterocycles. The van der Waals surface area contributed by atoms with Crippen molar-refractivity contribution < 1.29 is 9.47 Å². The molecule has 0 bridgehead atoms. The molecule has 334 valence electrons. The van der Waals surface area contributed by atoms with Crippen LogP contribution in [0.1, 0.15) is 0 Å². The van der Waals surface area contributed by atoms with Gasteiger partial charge in [-0.3, -0.25) is 0 Å². The Kier molecular flexibility index (Phi) is 9.46. The van der Waals surface area contributed by atoms with Crippen LogP contribution in [0.2, 0.25) is 0 Å². The minimum atomic E-state index is 0.849. The van der Waals surface area contributed by atoms with Crippen LogP contribution in [-0.4, -0.2) is 4.57 Å². The first-order chi connectivity index (χ1) is 35.2. The maximum absolute atomic E-state index is 6.26. The number of fused-ring (bicyclic) bond motifs is 7. The Labute approximate surface area is 411 Å². The summed E-state index contributed by atoms with van der Waals surface area (Å²) < 4.78 is 14.9. The minimum Gasteiger partial charge on any atom is -0.453 e. The monoisotopic (exact) mass is 909 g/mol. The SMILES string of the molecule is c1ccc(-n2c3ccc(-c4ccc(-c5ccc(N6c7ccccc7Oc7ccccc76)cc5)cc4)cc3c3cc(-c4ccc(-c5ccc(N6c7ccccc7Oc7ccccc76)cc5)cc4)ccc32)cc1. The lowest BCUT2D eigenvalue weighted by Crippen LogP contribution is -2.15. The predicted octanol–water partition coefficient (Wildman–Crippen LogP) is 18.6. The fraction of sp³-hybridized carbons (Fsp3) is 0. The molecule has 0 saturated carbocycles. The predicted molar refractivity (Wildman–Crippen MR) is 292 cm³/mol. The molecule has 12 aromatic rings. The summed E-state index contributed by atoms with van der Waals surface area (Å²) in [6, 6.07) is 92.9. The molecule has 5 nitrogen and oxygen atoms in total. The van der Waals surface area contributed by atoms with E-state index < -0.39 is 0 Å². The number of anilines is 6. The van der Waals surface area contributed by atoms with Gasteiger partial charge >= 0.3 is 0 Å². The molecule has 0 radical (unpaired) electrons. The van der Waals surface area contributed by atoms with Crippen LogP contribution in [0.25, 0.3) is 72.0 Å². The first kappa shape index (κ1) is 40.5. The smallest absolute Gasteiger partial charge is 0.151 e. The van der Waals surface area contributed by atoms with Crippen LogP contribution >= 0.6 is 0 Å². The van der Waals surface area contributed by atoms with Gasteiger partial charge in [0.2, 0.25) is 0 Å². The zero-order valence-electron chi connectivity index (χ0n) is 38.5. The molecule has 0 N–H and O–H groups in total. The maximum atomic E-state index is 6.26. The first-order valence-corrected chi connectivity index (χ1v) is 24.1.